The Balaban J connectivity index is 2.02. The van der Waals surface area contributed by atoms with Gasteiger partial charge in [-0.05, 0) is 64.9 Å². The Bertz CT molecular complexity index is 1300. The fraction of sp³-hybridized carbons (Fsp3) is 0.259. The zero-order valence-corrected chi connectivity index (χ0v) is 23.5. The molecule has 2 amide bonds. The third-order valence-corrected chi connectivity index (χ3v) is 7.61. The van der Waals surface area contributed by atoms with Crippen molar-refractivity contribution in [1.29, 1.82) is 0 Å². The first kappa shape index (κ1) is 27.7. The van der Waals surface area contributed by atoms with E-state index in [1.165, 1.54) is 11.9 Å². The molecule has 0 bridgehead atoms. The number of likely N-dealkylation sites (N-methyl/N-ethyl adjacent to an activating group) is 1. The van der Waals surface area contributed by atoms with Crippen LogP contribution in [0, 0.1) is 10.5 Å². The van der Waals surface area contributed by atoms with Gasteiger partial charge in [0, 0.05) is 23.6 Å². The molecule has 0 aliphatic heterocycles. The summed E-state index contributed by atoms with van der Waals surface area (Å²) in [6, 6.07) is 23.2. The number of nitrogens with one attached hydrogen (secondary N) is 1. The molecule has 3 rings (SSSR count). The maximum atomic E-state index is 13.8. The summed E-state index contributed by atoms with van der Waals surface area (Å²) in [5.41, 5.74) is 3.16. The summed E-state index contributed by atoms with van der Waals surface area (Å²) >= 11 is 2.13. The third-order valence-electron chi connectivity index (χ3n) is 5.75. The van der Waals surface area contributed by atoms with Gasteiger partial charge in [0.25, 0.3) is 0 Å². The van der Waals surface area contributed by atoms with Crippen LogP contribution in [0.1, 0.15) is 16.7 Å². The minimum atomic E-state index is -3.77. The molecular weight excluding hydrogens is 589 g/mol. The van der Waals surface area contributed by atoms with E-state index >= 15 is 0 Å². The molecule has 0 aromatic heterocycles. The largest absolute Gasteiger partial charge is 0.357 e. The molecular formula is C27H30IN3O4S. The molecule has 0 radical (unpaired) electrons. The lowest BCUT2D eigenvalue weighted by Gasteiger charge is -2.33. The summed E-state index contributed by atoms with van der Waals surface area (Å²) in [6.45, 7) is 1.70. The topological polar surface area (TPSA) is 86.8 Å². The minimum Gasteiger partial charge on any atom is -0.357 e. The van der Waals surface area contributed by atoms with Gasteiger partial charge >= 0.3 is 0 Å². The zero-order valence-electron chi connectivity index (χ0n) is 20.5. The monoisotopic (exact) mass is 619 g/mol. The minimum absolute atomic E-state index is 0.162. The van der Waals surface area contributed by atoms with Gasteiger partial charge in [-0.2, -0.15) is 0 Å². The lowest BCUT2D eigenvalue weighted by atomic mass is 10.0. The van der Waals surface area contributed by atoms with Crippen LogP contribution in [-0.2, 0) is 32.6 Å². The van der Waals surface area contributed by atoms with Crippen molar-refractivity contribution >= 4 is 50.1 Å². The Morgan fingerprint density at radius 2 is 1.58 bits per heavy atom. The van der Waals surface area contributed by atoms with Crippen molar-refractivity contribution in [1.82, 2.24) is 10.2 Å². The molecule has 3 aromatic rings. The number of amides is 2. The van der Waals surface area contributed by atoms with Crippen molar-refractivity contribution in [2.45, 2.75) is 25.9 Å². The van der Waals surface area contributed by atoms with Crippen LogP contribution >= 0.6 is 22.6 Å². The van der Waals surface area contributed by atoms with Crippen molar-refractivity contribution in [3.63, 3.8) is 0 Å². The molecule has 0 aliphatic carbocycles. The molecule has 1 N–H and O–H groups in total. The highest BCUT2D eigenvalue weighted by Gasteiger charge is 2.32. The summed E-state index contributed by atoms with van der Waals surface area (Å²) in [7, 11) is -2.23. The Morgan fingerprint density at radius 1 is 0.944 bits per heavy atom. The molecule has 0 saturated heterocycles. The van der Waals surface area contributed by atoms with Crippen LogP contribution in [-0.4, -0.2) is 51.0 Å². The molecule has 36 heavy (non-hydrogen) atoms. The number of hydrogen-bond donors (Lipinski definition) is 1. The van der Waals surface area contributed by atoms with Crippen LogP contribution in [0.5, 0.6) is 0 Å². The third kappa shape index (κ3) is 7.54. The number of aryl methyl sites for hydroxylation is 1. The number of hydrogen-bond acceptors (Lipinski definition) is 4. The highest BCUT2D eigenvalue weighted by atomic mass is 127. The smallest absolute Gasteiger partial charge is 0.244 e. The van der Waals surface area contributed by atoms with E-state index in [1.807, 2.05) is 61.5 Å². The van der Waals surface area contributed by atoms with Crippen LogP contribution < -0.4 is 9.62 Å². The standard InChI is InChI=1S/C27H30IN3O4S/c1-20-8-7-11-22(16-20)18-30(25(27(33)29-2)17-21-9-5-4-6-10-21)26(32)19-31(36(3,34)35)24-14-12-23(28)13-15-24/h4-16,25H,17-19H2,1-3H3,(H,29,33). The van der Waals surface area contributed by atoms with E-state index in [2.05, 4.69) is 27.9 Å². The highest BCUT2D eigenvalue weighted by Crippen LogP contribution is 2.21. The van der Waals surface area contributed by atoms with Crippen LogP contribution in [0.15, 0.2) is 78.9 Å². The molecule has 0 spiro atoms. The number of sulfonamides is 1. The number of carbonyl (C=O) groups is 2. The number of anilines is 1. The van der Waals surface area contributed by atoms with Crippen molar-refractivity contribution in [2.24, 2.45) is 0 Å². The number of benzene rings is 3. The van der Waals surface area contributed by atoms with E-state index < -0.39 is 28.5 Å². The van der Waals surface area contributed by atoms with Crippen molar-refractivity contribution in [2.75, 3.05) is 24.2 Å². The van der Waals surface area contributed by atoms with E-state index in [-0.39, 0.29) is 12.5 Å². The SMILES string of the molecule is CNC(=O)C(Cc1ccccc1)N(Cc1cccc(C)c1)C(=O)CN(c1ccc(I)cc1)S(C)(=O)=O. The van der Waals surface area contributed by atoms with Gasteiger partial charge in [-0.1, -0.05) is 60.2 Å². The lowest BCUT2D eigenvalue weighted by molar-refractivity contribution is -0.139. The van der Waals surface area contributed by atoms with Crippen molar-refractivity contribution < 1.29 is 18.0 Å². The second-order valence-corrected chi connectivity index (χ2v) is 11.7. The number of carbonyl (C=O) groups excluding carboxylic acids is 2. The molecule has 0 heterocycles. The summed E-state index contributed by atoms with van der Waals surface area (Å²) in [5, 5.41) is 2.67. The van der Waals surface area contributed by atoms with Crippen LogP contribution in [0.4, 0.5) is 5.69 Å². The average molecular weight is 620 g/mol. The lowest BCUT2D eigenvalue weighted by Crippen LogP contribution is -2.52. The number of halogens is 1. The predicted octanol–water partition coefficient (Wildman–Crippen LogP) is 3.75. The summed E-state index contributed by atoms with van der Waals surface area (Å²) in [4.78, 5) is 28.4. The molecule has 9 heteroatoms. The highest BCUT2D eigenvalue weighted by molar-refractivity contribution is 14.1. The van der Waals surface area contributed by atoms with Gasteiger partial charge in [0.05, 0.1) is 11.9 Å². The fourth-order valence-electron chi connectivity index (χ4n) is 3.95. The molecule has 7 nitrogen and oxygen atoms in total. The first-order valence-electron chi connectivity index (χ1n) is 11.4. The maximum absolute atomic E-state index is 13.8. The predicted molar refractivity (Wildman–Crippen MR) is 151 cm³/mol. The van der Waals surface area contributed by atoms with Crippen LogP contribution in [0.2, 0.25) is 0 Å². The Morgan fingerprint density at radius 3 is 2.17 bits per heavy atom. The Hall–Kier alpha value is -2.92. The molecule has 0 saturated carbocycles. The normalized spacial score (nSPS) is 12.0. The van der Waals surface area contributed by atoms with E-state index in [4.69, 9.17) is 0 Å². The molecule has 1 atom stereocenters. The summed E-state index contributed by atoms with van der Waals surface area (Å²) < 4.78 is 27.4. The van der Waals surface area contributed by atoms with Crippen molar-refractivity contribution in [3.05, 3.63) is 99.1 Å². The van der Waals surface area contributed by atoms with Crippen LogP contribution in [0.3, 0.4) is 0 Å². The van der Waals surface area contributed by atoms with Crippen molar-refractivity contribution in [3.8, 4) is 0 Å². The van der Waals surface area contributed by atoms with Gasteiger partial charge < -0.3 is 10.2 Å². The maximum Gasteiger partial charge on any atom is 0.244 e. The van der Waals surface area contributed by atoms with Gasteiger partial charge in [0.2, 0.25) is 21.8 Å². The first-order chi connectivity index (χ1) is 17.1. The van der Waals surface area contributed by atoms with Crippen LogP contribution in [0.25, 0.3) is 0 Å². The molecule has 1 unspecified atom stereocenters. The van der Waals surface area contributed by atoms with Gasteiger partial charge in [-0.3, -0.25) is 13.9 Å². The quantitative estimate of drug-likeness (QED) is 0.351. The van der Waals surface area contributed by atoms with E-state index in [1.54, 1.807) is 24.3 Å². The van der Waals surface area contributed by atoms with Gasteiger partial charge in [-0.25, -0.2) is 8.42 Å². The van der Waals surface area contributed by atoms with Gasteiger partial charge in [0.15, 0.2) is 0 Å². The molecule has 3 aromatic carbocycles. The fourth-order valence-corrected chi connectivity index (χ4v) is 5.16. The average Bonchev–Trinajstić information content (AvgIpc) is 2.84. The van der Waals surface area contributed by atoms with E-state index in [0.717, 1.165) is 30.8 Å². The summed E-state index contributed by atoms with van der Waals surface area (Å²) in [5.74, 6) is -0.787. The van der Waals surface area contributed by atoms with Gasteiger partial charge in [-0.15, -0.1) is 0 Å². The van der Waals surface area contributed by atoms with Gasteiger partial charge in [0.1, 0.15) is 12.6 Å². The Kier molecular flexibility index (Phi) is 9.49. The summed E-state index contributed by atoms with van der Waals surface area (Å²) in [6.07, 6.45) is 1.36. The number of nitrogens with zero attached hydrogens (tertiary/aromatic N) is 2. The molecule has 0 fully saturated rings. The second kappa shape index (κ2) is 12.4. The number of rotatable bonds is 10. The zero-order chi connectivity index (χ0) is 26.3. The van der Waals surface area contributed by atoms with E-state index in [0.29, 0.717) is 12.1 Å². The molecule has 190 valence electrons. The second-order valence-electron chi connectivity index (χ2n) is 8.58. The van der Waals surface area contributed by atoms with E-state index in [9.17, 15) is 18.0 Å². The molecule has 0 aliphatic rings. The first-order valence-corrected chi connectivity index (χ1v) is 14.3. The Labute approximate surface area is 226 Å².